The summed E-state index contributed by atoms with van der Waals surface area (Å²) >= 11 is 0. The molecular formula is C27H35N3O4. The molecule has 0 aromatic heterocycles. The molecular weight excluding hydrogens is 430 g/mol. The van der Waals surface area contributed by atoms with Crippen LogP contribution in [-0.4, -0.2) is 54.8 Å². The van der Waals surface area contributed by atoms with Crippen LogP contribution in [0.15, 0.2) is 42.5 Å². The van der Waals surface area contributed by atoms with Crippen molar-refractivity contribution in [1.29, 1.82) is 0 Å². The molecule has 1 aliphatic heterocycles. The minimum Gasteiger partial charge on any atom is -0.482 e. The molecule has 2 aromatic rings. The Balaban J connectivity index is 1.67. The number of carbonyl (C=O) groups excluding carboxylic acids is 3. The highest BCUT2D eigenvalue weighted by Gasteiger charge is 2.26. The van der Waals surface area contributed by atoms with E-state index in [1.807, 2.05) is 25.1 Å². The first-order valence-electron chi connectivity index (χ1n) is 12.0. The molecule has 7 nitrogen and oxygen atoms in total. The summed E-state index contributed by atoms with van der Waals surface area (Å²) in [5.41, 5.74) is 2.48. The molecule has 182 valence electrons. The summed E-state index contributed by atoms with van der Waals surface area (Å²) < 4.78 is 5.54. The lowest BCUT2D eigenvalue weighted by atomic mass is 10.1. The van der Waals surface area contributed by atoms with Crippen LogP contribution in [0, 0.1) is 0 Å². The topological polar surface area (TPSA) is 79.0 Å². The molecule has 0 saturated heterocycles. The quantitative estimate of drug-likeness (QED) is 0.507. The van der Waals surface area contributed by atoms with Crippen LogP contribution in [0.4, 0.5) is 5.69 Å². The monoisotopic (exact) mass is 465 g/mol. The summed E-state index contributed by atoms with van der Waals surface area (Å²) in [5.74, 6) is 0.178. The maximum atomic E-state index is 12.8. The van der Waals surface area contributed by atoms with Crippen molar-refractivity contribution in [3.8, 4) is 5.75 Å². The van der Waals surface area contributed by atoms with Gasteiger partial charge in [-0.2, -0.15) is 0 Å². The highest BCUT2D eigenvalue weighted by atomic mass is 16.5. The van der Waals surface area contributed by atoms with Gasteiger partial charge >= 0.3 is 0 Å². The molecule has 1 heterocycles. The Hall–Kier alpha value is -3.19. The van der Waals surface area contributed by atoms with E-state index in [-0.39, 0.29) is 36.8 Å². The molecule has 1 atom stereocenters. The molecule has 2 amide bonds. The molecule has 0 spiro atoms. The molecule has 0 saturated carbocycles. The van der Waals surface area contributed by atoms with Crippen LogP contribution in [-0.2, 0) is 11.3 Å². The first kappa shape index (κ1) is 25.4. The zero-order valence-corrected chi connectivity index (χ0v) is 20.6. The van der Waals surface area contributed by atoms with Gasteiger partial charge in [0.2, 0.25) is 0 Å². The van der Waals surface area contributed by atoms with Crippen molar-refractivity contribution in [2.24, 2.45) is 0 Å². The molecule has 0 radical (unpaired) electrons. The van der Waals surface area contributed by atoms with E-state index < -0.39 is 0 Å². The third-order valence-corrected chi connectivity index (χ3v) is 6.22. The van der Waals surface area contributed by atoms with Gasteiger partial charge < -0.3 is 19.9 Å². The highest BCUT2D eigenvalue weighted by Crippen LogP contribution is 2.34. The van der Waals surface area contributed by atoms with Crippen LogP contribution in [0.3, 0.4) is 0 Å². The Bertz CT molecular complexity index is 1030. The molecule has 34 heavy (non-hydrogen) atoms. The van der Waals surface area contributed by atoms with Gasteiger partial charge in [-0.05, 0) is 82.2 Å². The zero-order valence-electron chi connectivity index (χ0n) is 20.6. The largest absolute Gasteiger partial charge is 0.482 e. The van der Waals surface area contributed by atoms with E-state index in [0.29, 0.717) is 22.6 Å². The number of fused-ring (bicyclic) bond motifs is 1. The van der Waals surface area contributed by atoms with Crippen molar-refractivity contribution in [3.63, 3.8) is 0 Å². The van der Waals surface area contributed by atoms with E-state index in [2.05, 4.69) is 24.1 Å². The molecule has 0 unspecified atom stereocenters. The maximum absolute atomic E-state index is 12.8. The Morgan fingerprint density at radius 3 is 2.59 bits per heavy atom. The second-order valence-electron chi connectivity index (χ2n) is 8.75. The number of hydrogen-bond acceptors (Lipinski definition) is 5. The lowest BCUT2D eigenvalue weighted by molar-refractivity contribution is -0.121. The number of amides is 2. The lowest BCUT2D eigenvalue weighted by Gasteiger charge is -2.30. The normalized spacial score (nSPS) is 13.9. The van der Waals surface area contributed by atoms with Crippen molar-refractivity contribution in [2.45, 2.75) is 53.1 Å². The number of nitrogens with one attached hydrogen (secondary N) is 1. The van der Waals surface area contributed by atoms with E-state index in [1.54, 1.807) is 29.2 Å². The predicted molar refractivity (Wildman–Crippen MR) is 134 cm³/mol. The van der Waals surface area contributed by atoms with Crippen LogP contribution < -0.4 is 15.0 Å². The molecule has 1 aliphatic rings. The average Bonchev–Trinajstić information content (AvgIpc) is 2.83. The molecule has 3 rings (SSSR count). The number of carbonyl (C=O) groups is 3. The van der Waals surface area contributed by atoms with Gasteiger partial charge in [-0.3, -0.25) is 14.4 Å². The van der Waals surface area contributed by atoms with Crippen molar-refractivity contribution in [2.75, 3.05) is 31.1 Å². The molecule has 7 heteroatoms. The van der Waals surface area contributed by atoms with Gasteiger partial charge in [0, 0.05) is 17.2 Å². The van der Waals surface area contributed by atoms with E-state index in [0.717, 1.165) is 38.0 Å². The van der Waals surface area contributed by atoms with E-state index in [9.17, 15) is 14.4 Å². The van der Waals surface area contributed by atoms with Crippen LogP contribution in [0.5, 0.6) is 5.75 Å². The fraction of sp³-hybridized carbons (Fsp3) is 0.444. The van der Waals surface area contributed by atoms with E-state index >= 15 is 0 Å². The SMILES string of the molecule is CCN(CC)CCC[C@@H](C)NC(=O)c1cccc(CN2C(=O)COc3ccc(C(C)=O)cc32)c1. The second-order valence-corrected chi connectivity index (χ2v) is 8.75. The van der Waals surface area contributed by atoms with Gasteiger partial charge in [0.1, 0.15) is 5.75 Å². The van der Waals surface area contributed by atoms with Crippen LogP contribution in [0.1, 0.15) is 66.8 Å². The van der Waals surface area contributed by atoms with Crippen LogP contribution >= 0.6 is 0 Å². The fourth-order valence-corrected chi connectivity index (χ4v) is 4.13. The Morgan fingerprint density at radius 1 is 1.12 bits per heavy atom. The van der Waals surface area contributed by atoms with Gasteiger partial charge in [0.05, 0.1) is 12.2 Å². The van der Waals surface area contributed by atoms with Crippen molar-refractivity contribution in [1.82, 2.24) is 10.2 Å². The third-order valence-electron chi connectivity index (χ3n) is 6.22. The zero-order chi connectivity index (χ0) is 24.7. The molecule has 0 bridgehead atoms. The maximum Gasteiger partial charge on any atom is 0.265 e. The summed E-state index contributed by atoms with van der Waals surface area (Å²) in [6.45, 7) is 11.2. The third kappa shape index (κ3) is 6.44. The standard InChI is InChI=1S/C27H35N3O4/c1-5-29(6-2)14-8-9-19(3)28-27(33)23-11-7-10-21(15-23)17-30-24-16-22(20(4)31)12-13-25(24)34-18-26(30)32/h7,10-13,15-16,19H,5-6,8-9,14,17-18H2,1-4H3,(H,28,33)/t19-/m1/s1. The number of rotatable bonds is 11. The minimum atomic E-state index is -0.190. The molecule has 2 aromatic carbocycles. The second kappa shape index (κ2) is 11.8. The molecule has 1 N–H and O–H groups in total. The summed E-state index contributed by atoms with van der Waals surface area (Å²) in [6, 6.07) is 12.5. The summed E-state index contributed by atoms with van der Waals surface area (Å²) in [5, 5.41) is 3.09. The van der Waals surface area contributed by atoms with Crippen molar-refractivity contribution < 1.29 is 19.1 Å². The van der Waals surface area contributed by atoms with Gasteiger partial charge in [0.25, 0.3) is 11.8 Å². The first-order valence-corrected chi connectivity index (χ1v) is 12.0. The number of ketones is 1. The number of benzene rings is 2. The number of nitrogens with zero attached hydrogens (tertiary/aromatic N) is 2. The van der Waals surface area contributed by atoms with Gasteiger partial charge in [-0.1, -0.05) is 26.0 Å². The van der Waals surface area contributed by atoms with Gasteiger partial charge in [-0.15, -0.1) is 0 Å². The predicted octanol–water partition coefficient (Wildman–Crippen LogP) is 4.06. The lowest BCUT2D eigenvalue weighted by Crippen LogP contribution is -2.38. The van der Waals surface area contributed by atoms with Gasteiger partial charge in [0.15, 0.2) is 12.4 Å². The summed E-state index contributed by atoms with van der Waals surface area (Å²) in [6.07, 6.45) is 1.95. The Labute approximate surface area is 202 Å². The van der Waals surface area contributed by atoms with E-state index in [1.165, 1.54) is 6.92 Å². The Kier molecular flexibility index (Phi) is 8.82. The fourth-order valence-electron chi connectivity index (χ4n) is 4.13. The highest BCUT2D eigenvalue weighted by molar-refractivity contribution is 6.01. The van der Waals surface area contributed by atoms with Crippen molar-refractivity contribution >= 4 is 23.3 Å². The number of Topliss-reactive ketones (excluding diaryl/α,β-unsaturated/α-hetero) is 1. The summed E-state index contributed by atoms with van der Waals surface area (Å²) in [7, 11) is 0. The average molecular weight is 466 g/mol. The van der Waals surface area contributed by atoms with Crippen molar-refractivity contribution in [3.05, 3.63) is 59.2 Å². The first-order chi connectivity index (χ1) is 16.3. The molecule has 0 fully saturated rings. The number of anilines is 1. The number of hydrogen-bond donors (Lipinski definition) is 1. The number of ether oxygens (including phenoxy) is 1. The van der Waals surface area contributed by atoms with Gasteiger partial charge in [-0.25, -0.2) is 0 Å². The Morgan fingerprint density at radius 2 is 1.88 bits per heavy atom. The minimum absolute atomic E-state index is 0.0579. The summed E-state index contributed by atoms with van der Waals surface area (Å²) in [4.78, 5) is 41.3. The van der Waals surface area contributed by atoms with Crippen LogP contribution in [0.2, 0.25) is 0 Å². The van der Waals surface area contributed by atoms with Crippen LogP contribution in [0.25, 0.3) is 0 Å². The smallest absolute Gasteiger partial charge is 0.265 e. The van der Waals surface area contributed by atoms with E-state index in [4.69, 9.17) is 4.74 Å². The molecule has 0 aliphatic carbocycles.